The number of ether oxygens (including phenoxy) is 1. The summed E-state index contributed by atoms with van der Waals surface area (Å²) in [7, 11) is 0. The minimum atomic E-state index is -0.297. The summed E-state index contributed by atoms with van der Waals surface area (Å²) in [5, 5.41) is 3.21. The molecule has 1 aromatic carbocycles. The number of benzene rings is 1. The molecule has 3 nitrogen and oxygen atoms in total. The zero-order chi connectivity index (χ0) is 13.4. The lowest BCUT2D eigenvalue weighted by molar-refractivity contribution is -0.137. The molecule has 0 saturated heterocycles. The SMILES string of the molecule is CCOC(=O)/C=C/CNc1ccc(C(C)C)cc1. The van der Waals surface area contributed by atoms with Gasteiger partial charge in [0.25, 0.3) is 0 Å². The van der Waals surface area contributed by atoms with Gasteiger partial charge in [0.15, 0.2) is 0 Å². The second-order valence-corrected chi connectivity index (χ2v) is 4.31. The monoisotopic (exact) mass is 247 g/mol. The topological polar surface area (TPSA) is 38.3 Å². The van der Waals surface area contributed by atoms with Crippen LogP contribution in [0.2, 0.25) is 0 Å². The maximum absolute atomic E-state index is 11.0. The first-order valence-electron chi connectivity index (χ1n) is 6.30. The van der Waals surface area contributed by atoms with Crippen LogP contribution in [-0.4, -0.2) is 19.1 Å². The number of hydrogen-bond acceptors (Lipinski definition) is 3. The van der Waals surface area contributed by atoms with Gasteiger partial charge in [-0.15, -0.1) is 0 Å². The van der Waals surface area contributed by atoms with E-state index in [0.717, 1.165) is 5.69 Å². The zero-order valence-corrected chi connectivity index (χ0v) is 11.3. The minimum absolute atomic E-state index is 0.297. The van der Waals surface area contributed by atoms with E-state index in [4.69, 9.17) is 4.74 Å². The average Bonchev–Trinajstić information content (AvgIpc) is 2.35. The molecule has 0 heterocycles. The molecule has 3 heteroatoms. The molecule has 0 unspecified atom stereocenters. The minimum Gasteiger partial charge on any atom is -0.463 e. The molecule has 0 spiro atoms. The standard InChI is InChI=1S/C15H21NO2/c1-4-18-15(17)6-5-11-16-14-9-7-13(8-10-14)12(2)3/h5-10,12,16H,4,11H2,1-3H3/b6-5+. The van der Waals surface area contributed by atoms with Crippen molar-refractivity contribution in [2.24, 2.45) is 0 Å². The Hall–Kier alpha value is -1.77. The molecule has 98 valence electrons. The Kier molecular flexibility index (Phi) is 5.98. The van der Waals surface area contributed by atoms with Crippen LogP contribution in [0.5, 0.6) is 0 Å². The summed E-state index contributed by atoms with van der Waals surface area (Å²) < 4.78 is 4.78. The number of anilines is 1. The molecule has 1 N–H and O–H groups in total. The van der Waals surface area contributed by atoms with Gasteiger partial charge in [-0.3, -0.25) is 0 Å². The third-order valence-corrected chi connectivity index (χ3v) is 2.54. The van der Waals surface area contributed by atoms with E-state index in [1.807, 2.05) is 12.1 Å². The second-order valence-electron chi connectivity index (χ2n) is 4.31. The first kappa shape index (κ1) is 14.3. The fourth-order valence-corrected chi connectivity index (χ4v) is 1.51. The van der Waals surface area contributed by atoms with Crippen molar-refractivity contribution in [3.8, 4) is 0 Å². The maximum atomic E-state index is 11.0. The maximum Gasteiger partial charge on any atom is 0.330 e. The van der Waals surface area contributed by atoms with Crippen molar-refractivity contribution in [1.29, 1.82) is 0 Å². The molecule has 1 rings (SSSR count). The van der Waals surface area contributed by atoms with E-state index in [9.17, 15) is 4.79 Å². The van der Waals surface area contributed by atoms with E-state index in [1.165, 1.54) is 11.6 Å². The van der Waals surface area contributed by atoms with Gasteiger partial charge in [-0.2, -0.15) is 0 Å². The predicted octanol–water partition coefficient (Wildman–Crippen LogP) is 3.34. The lowest BCUT2D eigenvalue weighted by Crippen LogP contribution is -2.02. The van der Waals surface area contributed by atoms with Crippen LogP contribution in [-0.2, 0) is 9.53 Å². The summed E-state index contributed by atoms with van der Waals surface area (Å²) >= 11 is 0. The summed E-state index contributed by atoms with van der Waals surface area (Å²) in [4.78, 5) is 11.0. The smallest absolute Gasteiger partial charge is 0.330 e. The van der Waals surface area contributed by atoms with Crippen LogP contribution in [0.15, 0.2) is 36.4 Å². The van der Waals surface area contributed by atoms with Crippen molar-refractivity contribution >= 4 is 11.7 Å². The predicted molar refractivity (Wildman–Crippen MR) is 74.8 cm³/mol. The number of hydrogen-bond donors (Lipinski definition) is 1. The summed E-state index contributed by atoms with van der Waals surface area (Å²) in [6.07, 6.45) is 3.20. The summed E-state index contributed by atoms with van der Waals surface area (Å²) in [6.45, 7) is 7.16. The van der Waals surface area contributed by atoms with Gasteiger partial charge in [-0.25, -0.2) is 4.79 Å². The second kappa shape index (κ2) is 7.54. The van der Waals surface area contributed by atoms with Gasteiger partial charge in [0.05, 0.1) is 6.61 Å². The molecule has 0 atom stereocenters. The highest BCUT2D eigenvalue weighted by atomic mass is 16.5. The molecule has 0 aliphatic rings. The molecule has 0 aromatic heterocycles. The van der Waals surface area contributed by atoms with Crippen LogP contribution in [0.1, 0.15) is 32.3 Å². The van der Waals surface area contributed by atoms with Gasteiger partial charge in [0.2, 0.25) is 0 Å². The first-order valence-corrected chi connectivity index (χ1v) is 6.30. The third-order valence-electron chi connectivity index (χ3n) is 2.54. The Bertz CT molecular complexity index is 393. The lowest BCUT2D eigenvalue weighted by Gasteiger charge is -2.07. The van der Waals surface area contributed by atoms with Crippen LogP contribution < -0.4 is 5.32 Å². The van der Waals surface area contributed by atoms with E-state index in [-0.39, 0.29) is 5.97 Å². The molecular weight excluding hydrogens is 226 g/mol. The van der Waals surface area contributed by atoms with E-state index in [2.05, 4.69) is 31.3 Å². The molecule has 0 radical (unpaired) electrons. The highest BCUT2D eigenvalue weighted by Crippen LogP contribution is 2.16. The molecule has 0 aliphatic heterocycles. The lowest BCUT2D eigenvalue weighted by atomic mass is 10.0. The van der Waals surface area contributed by atoms with Crippen LogP contribution in [0, 0.1) is 0 Å². The van der Waals surface area contributed by atoms with Crippen molar-refractivity contribution in [3.63, 3.8) is 0 Å². The normalized spacial score (nSPS) is 10.9. The molecule has 0 saturated carbocycles. The van der Waals surface area contributed by atoms with Crippen molar-refractivity contribution in [3.05, 3.63) is 42.0 Å². The molecular formula is C15H21NO2. The molecule has 18 heavy (non-hydrogen) atoms. The zero-order valence-electron chi connectivity index (χ0n) is 11.3. The van der Waals surface area contributed by atoms with Crippen molar-refractivity contribution in [2.75, 3.05) is 18.5 Å². The quantitative estimate of drug-likeness (QED) is 0.619. The van der Waals surface area contributed by atoms with E-state index in [1.54, 1.807) is 13.0 Å². The Morgan fingerprint density at radius 2 is 2.00 bits per heavy atom. The summed E-state index contributed by atoms with van der Waals surface area (Å²) in [5.74, 6) is 0.247. The average molecular weight is 247 g/mol. The Morgan fingerprint density at radius 1 is 1.33 bits per heavy atom. The van der Waals surface area contributed by atoms with Crippen molar-refractivity contribution in [1.82, 2.24) is 0 Å². The number of esters is 1. The third kappa shape index (κ3) is 5.04. The summed E-state index contributed by atoms with van der Waals surface area (Å²) in [5.41, 5.74) is 2.37. The van der Waals surface area contributed by atoms with Gasteiger partial charge in [-0.05, 0) is 30.5 Å². The van der Waals surface area contributed by atoms with Crippen LogP contribution >= 0.6 is 0 Å². The van der Waals surface area contributed by atoms with E-state index >= 15 is 0 Å². The van der Waals surface area contributed by atoms with Gasteiger partial charge >= 0.3 is 5.97 Å². The first-order chi connectivity index (χ1) is 8.63. The number of carbonyl (C=O) groups excluding carboxylic acids is 1. The molecule has 0 bridgehead atoms. The molecule has 0 amide bonds. The molecule has 1 aromatic rings. The van der Waals surface area contributed by atoms with E-state index < -0.39 is 0 Å². The van der Waals surface area contributed by atoms with E-state index in [0.29, 0.717) is 19.1 Å². The summed E-state index contributed by atoms with van der Waals surface area (Å²) in [6, 6.07) is 8.32. The Balaban J connectivity index is 2.37. The van der Waals surface area contributed by atoms with Gasteiger partial charge in [-0.1, -0.05) is 32.1 Å². The number of rotatable bonds is 6. The molecule has 0 fully saturated rings. The highest BCUT2D eigenvalue weighted by molar-refractivity contribution is 5.81. The number of nitrogens with one attached hydrogen (secondary N) is 1. The Morgan fingerprint density at radius 3 is 2.56 bits per heavy atom. The highest BCUT2D eigenvalue weighted by Gasteiger charge is 1.98. The van der Waals surface area contributed by atoms with Crippen LogP contribution in [0.4, 0.5) is 5.69 Å². The molecule has 0 aliphatic carbocycles. The largest absolute Gasteiger partial charge is 0.463 e. The van der Waals surface area contributed by atoms with Gasteiger partial charge < -0.3 is 10.1 Å². The fraction of sp³-hybridized carbons (Fsp3) is 0.400. The van der Waals surface area contributed by atoms with Gasteiger partial charge in [0.1, 0.15) is 0 Å². The number of carbonyl (C=O) groups is 1. The Labute approximate surface area is 109 Å². The van der Waals surface area contributed by atoms with Crippen LogP contribution in [0.25, 0.3) is 0 Å². The van der Waals surface area contributed by atoms with Gasteiger partial charge in [0, 0.05) is 18.3 Å². The fourth-order valence-electron chi connectivity index (χ4n) is 1.51. The van der Waals surface area contributed by atoms with Crippen molar-refractivity contribution < 1.29 is 9.53 Å². The van der Waals surface area contributed by atoms with Crippen molar-refractivity contribution in [2.45, 2.75) is 26.7 Å². The van der Waals surface area contributed by atoms with Crippen LogP contribution in [0.3, 0.4) is 0 Å².